The first-order chi connectivity index (χ1) is 7.11. The largest absolute Gasteiger partial charge is 0.465 e. The third-order valence-corrected chi connectivity index (χ3v) is 2.15. The molecule has 0 saturated carbocycles. The zero-order valence-corrected chi connectivity index (χ0v) is 8.29. The number of ether oxygens (including phenoxy) is 1. The summed E-state index contributed by atoms with van der Waals surface area (Å²) in [5, 5.41) is 0. The summed E-state index contributed by atoms with van der Waals surface area (Å²) in [4.78, 5) is 24.8. The van der Waals surface area contributed by atoms with Gasteiger partial charge in [-0.05, 0) is 24.6 Å². The second-order valence-corrected chi connectivity index (χ2v) is 3.17. The molecule has 0 unspecified atom stereocenters. The van der Waals surface area contributed by atoms with E-state index in [-0.39, 0.29) is 0 Å². The van der Waals surface area contributed by atoms with E-state index in [1.165, 1.54) is 13.2 Å². The van der Waals surface area contributed by atoms with Gasteiger partial charge in [-0.2, -0.15) is 0 Å². The summed E-state index contributed by atoms with van der Waals surface area (Å²) in [5.74, 6) is -0.987. The molecule has 0 radical (unpaired) electrons. The Kier molecular flexibility index (Phi) is 2.07. The van der Waals surface area contributed by atoms with Crippen molar-refractivity contribution >= 4 is 17.1 Å². The second kappa shape index (κ2) is 3.27. The van der Waals surface area contributed by atoms with E-state index < -0.39 is 11.7 Å². The fourth-order valence-corrected chi connectivity index (χ4v) is 1.46. The minimum atomic E-state index is -0.532. The average Bonchev–Trinajstić information content (AvgIpc) is 2.58. The lowest BCUT2D eigenvalue weighted by Crippen LogP contribution is -2.01. The molecule has 15 heavy (non-hydrogen) atoms. The highest BCUT2D eigenvalue weighted by Crippen LogP contribution is 2.17. The van der Waals surface area contributed by atoms with Gasteiger partial charge in [-0.25, -0.2) is 9.59 Å². The van der Waals surface area contributed by atoms with Crippen molar-refractivity contribution in [1.82, 2.24) is 4.98 Å². The Morgan fingerprint density at radius 2 is 2.20 bits per heavy atom. The molecule has 0 aliphatic heterocycles. The van der Waals surface area contributed by atoms with E-state index in [0.717, 1.165) is 5.56 Å². The number of nitrogens with one attached hydrogen (secondary N) is 1. The van der Waals surface area contributed by atoms with Gasteiger partial charge in [0.2, 0.25) is 0 Å². The number of rotatable bonds is 1. The van der Waals surface area contributed by atoms with Crippen molar-refractivity contribution < 1.29 is 13.9 Å². The van der Waals surface area contributed by atoms with E-state index in [0.29, 0.717) is 16.7 Å². The highest BCUT2D eigenvalue weighted by Gasteiger charge is 2.11. The monoisotopic (exact) mass is 207 g/mol. The highest BCUT2D eigenvalue weighted by molar-refractivity contribution is 5.94. The van der Waals surface area contributed by atoms with Crippen molar-refractivity contribution in [2.75, 3.05) is 7.11 Å². The Balaban J connectivity index is 2.71. The minimum Gasteiger partial charge on any atom is -0.465 e. The number of hydrogen-bond donors (Lipinski definition) is 1. The lowest BCUT2D eigenvalue weighted by atomic mass is 10.1. The van der Waals surface area contributed by atoms with Crippen molar-refractivity contribution in [2.24, 2.45) is 0 Å². The summed E-state index contributed by atoms with van der Waals surface area (Å²) in [5.41, 5.74) is 2.09. The topological polar surface area (TPSA) is 72.3 Å². The molecule has 0 atom stereocenters. The zero-order chi connectivity index (χ0) is 11.0. The number of oxazole rings is 1. The first kappa shape index (κ1) is 9.51. The molecule has 78 valence electrons. The van der Waals surface area contributed by atoms with Crippen LogP contribution in [0.1, 0.15) is 15.9 Å². The third-order valence-electron chi connectivity index (χ3n) is 2.15. The number of aryl methyl sites for hydroxylation is 1. The molecule has 0 amide bonds. The van der Waals surface area contributed by atoms with Gasteiger partial charge in [-0.15, -0.1) is 0 Å². The van der Waals surface area contributed by atoms with Crippen LogP contribution in [0.25, 0.3) is 11.1 Å². The number of methoxy groups -OCH3 is 1. The van der Waals surface area contributed by atoms with Gasteiger partial charge in [-0.3, -0.25) is 4.98 Å². The molecule has 5 nitrogen and oxygen atoms in total. The summed E-state index contributed by atoms with van der Waals surface area (Å²) < 4.78 is 9.44. The van der Waals surface area contributed by atoms with E-state index in [4.69, 9.17) is 4.42 Å². The minimum absolute atomic E-state index is 0.361. The predicted octanol–water partition coefficient (Wildman–Crippen LogP) is 1.22. The van der Waals surface area contributed by atoms with Crippen molar-refractivity contribution in [3.8, 4) is 0 Å². The van der Waals surface area contributed by atoms with Gasteiger partial charge < -0.3 is 9.15 Å². The smallest absolute Gasteiger partial charge is 0.417 e. The average molecular weight is 207 g/mol. The van der Waals surface area contributed by atoms with E-state index >= 15 is 0 Å². The Bertz CT molecular complexity index is 579. The Hall–Kier alpha value is -2.04. The molecule has 0 aliphatic carbocycles. The number of fused-ring (bicyclic) bond motifs is 1. The van der Waals surface area contributed by atoms with Crippen LogP contribution in [0.5, 0.6) is 0 Å². The van der Waals surface area contributed by atoms with E-state index in [2.05, 4.69) is 9.72 Å². The van der Waals surface area contributed by atoms with Crippen molar-refractivity contribution in [3.63, 3.8) is 0 Å². The van der Waals surface area contributed by atoms with Gasteiger partial charge in [-0.1, -0.05) is 0 Å². The number of carbonyl (C=O) groups is 1. The second-order valence-electron chi connectivity index (χ2n) is 3.17. The third kappa shape index (κ3) is 1.52. The van der Waals surface area contributed by atoms with Gasteiger partial charge in [0.1, 0.15) is 0 Å². The summed E-state index contributed by atoms with van der Waals surface area (Å²) in [6.07, 6.45) is 0. The number of aromatic nitrogens is 1. The summed E-state index contributed by atoms with van der Waals surface area (Å²) in [6.45, 7) is 1.78. The maximum atomic E-state index is 11.3. The van der Waals surface area contributed by atoms with Crippen molar-refractivity contribution in [2.45, 2.75) is 6.92 Å². The van der Waals surface area contributed by atoms with Crippen LogP contribution in [0.4, 0.5) is 0 Å². The normalized spacial score (nSPS) is 10.5. The first-order valence-electron chi connectivity index (χ1n) is 4.33. The predicted molar refractivity (Wildman–Crippen MR) is 52.9 cm³/mol. The molecule has 0 saturated heterocycles. The van der Waals surface area contributed by atoms with Crippen LogP contribution in [0.2, 0.25) is 0 Å². The van der Waals surface area contributed by atoms with Crippen LogP contribution in [0.3, 0.4) is 0 Å². The van der Waals surface area contributed by atoms with Crippen LogP contribution in [0, 0.1) is 6.92 Å². The Morgan fingerprint density at radius 3 is 2.87 bits per heavy atom. The molecule has 2 rings (SSSR count). The number of benzene rings is 1. The van der Waals surface area contributed by atoms with Gasteiger partial charge in [0.15, 0.2) is 5.58 Å². The SMILES string of the molecule is COC(=O)c1cc(C)c2[nH]c(=O)oc2c1. The lowest BCUT2D eigenvalue weighted by molar-refractivity contribution is 0.0600. The van der Waals surface area contributed by atoms with Crippen molar-refractivity contribution in [1.29, 1.82) is 0 Å². The van der Waals surface area contributed by atoms with Crippen LogP contribution < -0.4 is 5.76 Å². The summed E-state index contributed by atoms with van der Waals surface area (Å²) in [6, 6.07) is 3.12. The van der Waals surface area contributed by atoms with Gasteiger partial charge in [0, 0.05) is 0 Å². The fraction of sp³-hybridized carbons (Fsp3) is 0.200. The van der Waals surface area contributed by atoms with Crippen LogP contribution in [0.15, 0.2) is 21.3 Å². The quantitative estimate of drug-likeness (QED) is 0.713. The molecular weight excluding hydrogens is 198 g/mol. The lowest BCUT2D eigenvalue weighted by Gasteiger charge is -2.00. The first-order valence-corrected chi connectivity index (χ1v) is 4.33. The molecule has 1 aromatic heterocycles. The number of H-pyrrole nitrogens is 1. The van der Waals surface area contributed by atoms with Gasteiger partial charge in [0.25, 0.3) is 0 Å². The molecule has 5 heteroatoms. The van der Waals surface area contributed by atoms with E-state index in [1.807, 2.05) is 0 Å². The van der Waals surface area contributed by atoms with Crippen LogP contribution in [-0.2, 0) is 4.74 Å². The standard InChI is InChI=1S/C10H9NO4/c1-5-3-6(9(12)14-2)4-7-8(5)11-10(13)15-7/h3-4H,1-2H3,(H,11,13). The van der Waals surface area contributed by atoms with Crippen LogP contribution >= 0.6 is 0 Å². The zero-order valence-electron chi connectivity index (χ0n) is 8.29. The molecule has 0 aliphatic rings. The molecule has 2 aromatic rings. The van der Waals surface area contributed by atoms with Crippen LogP contribution in [-0.4, -0.2) is 18.1 Å². The molecule has 0 bridgehead atoms. The Labute approximate surface area is 84.7 Å². The molecule has 1 N–H and O–H groups in total. The number of aromatic amines is 1. The maximum absolute atomic E-state index is 11.3. The summed E-state index contributed by atoms with van der Waals surface area (Å²) >= 11 is 0. The van der Waals surface area contributed by atoms with Gasteiger partial charge >= 0.3 is 11.7 Å². The number of hydrogen-bond acceptors (Lipinski definition) is 4. The molecule has 0 fully saturated rings. The molecule has 1 heterocycles. The molecule has 0 spiro atoms. The van der Waals surface area contributed by atoms with Gasteiger partial charge in [0.05, 0.1) is 18.2 Å². The van der Waals surface area contributed by atoms with Crippen molar-refractivity contribution in [3.05, 3.63) is 33.8 Å². The summed E-state index contributed by atoms with van der Waals surface area (Å²) in [7, 11) is 1.30. The fourth-order valence-electron chi connectivity index (χ4n) is 1.46. The molecule has 1 aromatic carbocycles. The maximum Gasteiger partial charge on any atom is 0.417 e. The number of carbonyl (C=O) groups excluding carboxylic acids is 1. The van der Waals surface area contributed by atoms with E-state index in [1.54, 1.807) is 13.0 Å². The van der Waals surface area contributed by atoms with E-state index in [9.17, 15) is 9.59 Å². The highest BCUT2D eigenvalue weighted by atomic mass is 16.5. The molecular formula is C10H9NO4. The number of esters is 1. The Morgan fingerprint density at radius 1 is 1.47 bits per heavy atom.